The van der Waals surface area contributed by atoms with Gasteiger partial charge in [0.05, 0.1) is 11.0 Å². The summed E-state index contributed by atoms with van der Waals surface area (Å²) in [4.78, 5) is 0. The van der Waals surface area contributed by atoms with Gasteiger partial charge in [-0.2, -0.15) is 0 Å². The van der Waals surface area contributed by atoms with Gasteiger partial charge in [0.2, 0.25) is 0 Å². The molecule has 0 spiro atoms. The van der Waals surface area contributed by atoms with Gasteiger partial charge < -0.3 is 4.57 Å². The van der Waals surface area contributed by atoms with Crippen LogP contribution in [-0.4, -0.2) is 4.57 Å². The Morgan fingerprint density at radius 1 is 0.436 bits per heavy atom. The van der Waals surface area contributed by atoms with Crippen LogP contribution in [0.4, 0.5) is 0 Å². The predicted octanol–water partition coefficient (Wildman–Crippen LogP) is 14.2. The van der Waals surface area contributed by atoms with Gasteiger partial charge in [-0.05, 0) is 108 Å². The molecule has 0 aliphatic heterocycles. The first kappa shape index (κ1) is 30.7. The van der Waals surface area contributed by atoms with E-state index in [9.17, 15) is 0 Å². The fourth-order valence-electron chi connectivity index (χ4n) is 10.2. The van der Waals surface area contributed by atoms with Crippen molar-refractivity contribution in [2.75, 3.05) is 0 Å². The van der Waals surface area contributed by atoms with E-state index in [1.807, 2.05) is 0 Å². The Morgan fingerprint density at radius 2 is 1.09 bits per heavy atom. The molecule has 0 fully saturated rings. The minimum Gasteiger partial charge on any atom is -0.309 e. The molecule has 12 rings (SSSR count). The van der Waals surface area contributed by atoms with Gasteiger partial charge in [0, 0.05) is 33.4 Å². The van der Waals surface area contributed by atoms with Crippen LogP contribution < -0.4 is 0 Å². The molecular formula is C54H37N. The summed E-state index contributed by atoms with van der Waals surface area (Å²) in [6.07, 6.45) is 0. The molecule has 1 heterocycles. The van der Waals surface area contributed by atoms with Crippen molar-refractivity contribution in [3.8, 4) is 39.1 Å². The lowest BCUT2D eigenvalue weighted by atomic mass is 9.82. The van der Waals surface area contributed by atoms with Gasteiger partial charge >= 0.3 is 0 Å². The van der Waals surface area contributed by atoms with Crippen molar-refractivity contribution in [3.63, 3.8) is 0 Å². The zero-order valence-corrected chi connectivity index (χ0v) is 30.8. The van der Waals surface area contributed by atoms with Gasteiger partial charge in [-0.15, -0.1) is 0 Å². The summed E-state index contributed by atoms with van der Waals surface area (Å²) in [5.41, 5.74) is 18.4. The van der Waals surface area contributed by atoms with Gasteiger partial charge in [-0.25, -0.2) is 0 Å². The highest BCUT2D eigenvalue weighted by Crippen LogP contribution is 2.54. The number of benzene rings is 9. The summed E-state index contributed by atoms with van der Waals surface area (Å²) in [5, 5.41) is 7.65. The summed E-state index contributed by atoms with van der Waals surface area (Å²) in [7, 11) is 0. The lowest BCUT2D eigenvalue weighted by Crippen LogP contribution is -2.14. The van der Waals surface area contributed by atoms with Crippen LogP contribution in [0, 0.1) is 0 Å². The van der Waals surface area contributed by atoms with E-state index in [1.165, 1.54) is 110 Å². The Hall–Kier alpha value is -6.70. The summed E-state index contributed by atoms with van der Waals surface area (Å²) in [5.74, 6) is 0.210. The van der Waals surface area contributed by atoms with Crippen molar-refractivity contribution in [1.29, 1.82) is 0 Å². The zero-order valence-electron chi connectivity index (χ0n) is 30.8. The molecule has 2 aliphatic carbocycles. The molecular weight excluding hydrogens is 663 g/mol. The van der Waals surface area contributed by atoms with Crippen molar-refractivity contribution >= 4 is 43.4 Å². The van der Waals surface area contributed by atoms with E-state index < -0.39 is 0 Å². The van der Waals surface area contributed by atoms with Crippen molar-refractivity contribution in [3.05, 3.63) is 210 Å². The Labute approximate surface area is 320 Å². The molecule has 1 aromatic heterocycles. The van der Waals surface area contributed by atoms with Gasteiger partial charge in [0.1, 0.15) is 0 Å². The quantitative estimate of drug-likeness (QED) is 0.173. The molecule has 0 saturated heterocycles. The van der Waals surface area contributed by atoms with E-state index in [2.05, 4.69) is 200 Å². The molecule has 2 aliphatic rings. The fraction of sp³-hybridized carbons (Fsp3) is 0.0741. The Kier molecular flexibility index (Phi) is 6.24. The van der Waals surface area contributed by atoms with Crippen LogP contribution in [-0.2, 0) is 5.41 Å². The van der Waals surface area contributed by atoms with Gasteiger partial charge in [-0.3, -0.25) is 0 Å². The molecule has 258 valence electrons. The van der Waals surface area contributed by atoms with Crippen LogP contribution in [0.3, 0.4) is 0 Å². The number of aromatic nitrogens is 1. The third kappa shape index (κ3) is 4.30. The molecule has 1 atom stereocenters. The normalized spacial score (nSPS) is 15.1. The van der Waals surface area contributed by atoms with E-state index in [4.69, 9.17) is 0 Å². The second-order valence-corrected chi connectivity index (χ2v) is 16.1. The molecule has 0 bridgehead atoms. The van der Waals surface area contributed by atoms with Gasteiger partial charge in [0.15, 0.2) is 0 Å². The summed E-state index contributed by atoms with van der Waals surface area (Å²) >= 11 is 0. The molecule has 0 amide bonds. The SMILES string of the molecule is CC1(C)c2ccccc2-c2c1ccc1c3cc(-c4ccc5c(c4)-c4ccccc4C5c4ccc5ccccc5c4)ccc3n(-c3ccc4ccccc4c3)c21. The van der Waals surface area contributed by atoms with Gasteiger partial charge in [0.25, 0.3) is 0 Å². The average Bonchev–Trinajstić information content (AvgIpc) is 3.83. The van der Waals surface area contributed by atoms with Crippen LogP contribution in [0.1, 0.15) is 47.6 Å². The third-order valence-corrected chi connectivity index (χ3v) is 12.8. The molecule has 0 radical (unpaired) electrons. The lowest BCUT2D eigenvalue weighted by Gasteiger charge is -2.21. The van der Waals surface area contributed by atoms with E-state index in [-0.39, 0.29) is 11.3 Å². The molecule has 0 N–H and O–H groups in total. The highest BCUT2D eigenvalue weighted by atomic mass is 15.0. The Balaban J connectivity index is 1.07. The molecule has 9 aromatic carbocycles. The number of hydrogen-bond acceptors (Lipinski definition) is 0. The summed E-state index contributed by atoms with van der Waals surface area (Å²) < 4.78 is 2.53. The average molecular weight is 700 g/mol. The van der Waals surface area contributed by atoms with E-state index in [1.54, 1.807) is 0 Å². The van der Waals surface area contributed by atoms with Crippen molar-refractivity contribution < 1.29 is 0 Å². The molecule has 1 unspecified atom stereocenters. The minimum atomic E-state index is -0.0820. The van der Waals surface area contributed by atoms with Crippen LogP contribution in [0.5, 0.6) is 0 Å². The first-order valence-corrected chi connectivity index (χ1v) is 19.5. The maximum atomic E-state index is 2.53. The second-order valence-electron chi connectivity index (χ2n) is 16.1. The number of fused-ring (bicyclic) bond motifs is 12. The number of hydrogen-bond donors (Lipinski definition) is 0. The topological polar surface area (TPSA) is 4.93 Å². The van der Waals surface area contributed by atoms with Crippen molar-refractivity contribution in [2.45, 2.75) is 25.2 Å². The van der Waals surface area contributed by atoms with Crippen LogP contribution >= 0.6 is 0 Å². The highest BCUT2D eigenvalue weighted by Gasteiger charge is 2.37. The first-order valence-electron chi connectivity index (χ1n) is 19.5. The number of rotatable bonds is 3. The zero-order chi connectivity index (χ0) is 36.4. The largest absolute Gasteiger partial charge is 0.309 e. The molecule has 1 nitrogen and oxygen atoms in total. The highest BCUT2D eigenvalue weighted by molar-refractivity contribution is 6.16. The van der Waals surface area contributed by atoms with Crippen LogP contribution in [0.25, 0.3) is 82.4 Å². The predicted molar refractivity (Wildman–Crippen MR) is 232 cm³/mol. The second kappa shape index (κ2) is 11.2. The molecule has 55 heavy (non-hydrogen) atoms. The van der Waals surface area contributed by atoms with Gasteiger partial charge in [-0.1, -0.05) is 166 Å². The Morgan fingerprint density at radius 3 is 1.93 bits per heavy atom. The van der Waals surface area contributed by atoms with Crippen LogP contribution in [0.15, 0.2) is 182 Å². The fourth-order valence-corrected chi connectivity index (χ4v) is 10.2. The lowest BCUT2D eigenvalue weighted by molar-refractivity contribution is 0.661. The molecule has 1 heteroatoms. The van der Waals surface area contributed by atoms with E-state index in [0.29, 0.717) is 0 Å². The maximum Gasteiger partial charge on any atom is 0.0622 e. The first-order chi connectivity index (χ1) is 27.0. The van der Waals surface area contributed by atoms with Crippen LogP contribution in [0.2, 0.25) is 0 Å². The molecule has 10 aromatic rings. The summed E-state index contributed by atoms with van der Waals surface area (Å²) in [6, 6.07) is 68.4. The molecule has 0 saturated carbocycles. The number of nitrogens with zero attached hydrogens (tertiary/aromatic N) is 1. The summed E-state index contributed by atoms with van der Waals surface area (Å²) in [6.45, 7) is 4.75. The monoisotopic (exact) mass is 699 g/mol. The van der Waals surface area contributed by atoms with Crippen molar-refractivity contribution in [2.24, 2.45) is 0 Å². The Bertz CT molecular complexity index is 3250. The standard InChI is InChI=1S/C54H37N/c1-54(2)48-18-10-9-17-45(48)52-49(54)27-26-44-47-32-38(23-28-50(47)55(53(44)52)40-24-21-34-12-4-6-14-36(34)30-40)37-22-25-43-46(31-37)41-15-7-8-16-42(41)51(43)39-20-19-33-11-3-5-13-35(33)29-39/h3-32,51H,1-2H3. The van der Waals surface area contributed by atoms with E-state index in [0.717, 1.165) is 0 Å². The smallest absolute Gasteiger partial charge is 0.0622 e. The maximum absolute atomic E-state index is 2.53. The third-order valence-electron chi connectivity index (χ3n) is 12.8. The van der Waals surface area contributed by atoms with E-state index >= 15 is 0 Å². The minimum absolute atomic E-state index is 0.0820. The van der Waals surface area contributed by atoms with Crippen molar-refractivity contribution in [1.82, 2.24) is 4.57 Å².